The highest BCUT2D eigenvalue weighted by atomic mass is 35.5. The molecule has 1 aromatic rings. The van der Waals surface area contributed by atoms with Crippen LogP contribution in [0.1, 0.15) is 30.3 Å². The van der Waals surface area contributed by atoms with Crippen LogP contribution >= 0.6 is 11.6 Å². The van der Waals surface area contributed by atoms with E-state index >= 15 is 0 Å². The number of rotatable bonds is 1. The molecule has 0 bridgehead atoms. The lowest BCUT2D eigenvalue weighted by Crippen LogP contribution is -2.11. The molecule has 1 atom stereocenters. The Morgan fingerprint density at radius 3 is 3.25 bits per heavy atom. The van der Waals surface area contributed by atoms with E-state index in [0.29, 0.717) is 5.88 Å². The van der Waals surface area contributed by atoms with Crippen molar-refractivity contribution in [1.82, 2.24) is 10.2 Å². The molecule has 0 saturated heterocycles. The molecule has 0 aliphatic heterocycles. The second-order valence-electron chi connectivity index (χ2n) is 3.61. The van der Waals surface area contributed by atoms with Crippen molar-refractivity contribution in [2.24, 2.45) is 5.92 Å². The molecule has 0 spiro atoms. The van der Waals surface area contributed by atoms with Crippen molar-refractivity contribution < 1.29 is 0 Å². The first-order valence-corrected chi connectivity index (χ1v) is 4.95. The van der Waals surface area contributed by atoms with Gasteiger partial charge in [-0.1, -0.05) is 6.92 Å². The largest absolute Gasteiger partial charge is 0.282 e. The lowest BCUT2D eigenvalue weighted by atomic mass is 9.88. The van der Waals surface area contributed by atoms with Crippen LogP contribution in [0, 0.1) is 5.92 Å². The number of fused-ring (bicyclic) bond motifs is 1. The fraction of sp³-hybridized carbons (Fsp3) is 0.667. The maximum absolute atomic E-state index is 5.77. The van der Waals surface area contributed by atoms with Gasteiger partial charge in [0.05, 0.1) is 11.6 Å². The maximum Gasteiger partial charge on any atom is 0.0804 e. The van der Waals surface area contributed by atoms with E-state index in [1.807, 2.05) is 0 Å². The van der Waals surface area contributed by atoms with Crippen LogP contribution in [-0.4, -0.2) is 10.2 Å². The molecule has 12 heavy (non-hydrogen) atoms. The third-order valence-electron chi connectivity index (χ3n) is 2.60. The molecular formula is C9H13ClN2. The van der Waals surface area contributed by atoms with Crippen LogP contribution in [0.5, 0.6) is 0 Å². The van der Waals surface area contributed by atoms with Gasteiger partial charge in [-0.15, -0.1) is 11.6 Å². The number of hydrogen-bond donors (Lipinski definition) is 1. The highest BCUT2D eigenvalue weighted by molar-refractivity contribution is 6.17. The Labute approximate surface area is 77.3 Å². The van der Waals surface area contributed by atoms with Crippen LogP contribution in [0.4, 0.5) is 0 Å². The molecule has 1 unspecified atom stereocenters. The molecule has 0 amide bonds. The Morgan fingerprint density at radius 2 is 2.50 bits per heavy atom. The molecule has 0 radical (unpaired) electrons. The van der Waals surface area contributed by atoms with E-state index < -0.39 is 0 Å². The zero-order valence-electron chi connectivity index (χ0n) is 7.23. The minimum atomic E-state index is 0.540. The third kappa shape index (κ3) is 1.24. The van der Waals surface area contributed by atoms with Crippen molar-refractivity contribution >= 4 is 11.6 Å². The van der Waals surface area contributed by atoms with Gasteiger partial charge < -0.3 is 0 Å². The smallest absolute Gasteiger partial charge is 0.0804 e. The number of aryl methyl sites for hydroxylation is 1. The molecule has 66 valence electrons. The minimum absolute atomic E-state index is 0.540. The first-order chi connectivity index (χ1) is 5.81. The Kier molecular flexibility index (Phi) is 2.09. The van der Waals surface area contributed by atoms with Gasteiger partial charge in [-0.3, -0.25) is 5.10 Å². The summed E-state index contributed by atoms with van der Waals surface area (Å²) in [5, 5.41) is 7.26. The molecule has 0 aromatic carbocycles. The van der Waals surface area contributed by atoms with Gasteiger partial charge in [-0.05, 0) is 30.7 Å². The van der Waals surface area contributed by atoms with Crippen LogP contribution < -0.4 is 0 Å². The summed E-state index contributed by atoms with van der Waals surface area (Å²) >= 11 is 5.77. The summed E-state index contributed by atoms with van der Waals surface area (Å²) < 4.78 is 0. The summed E-state index contributed by atoms with van der Waals surface area (Å²) in [5.41, 5.74) is 3.74. The Balaban J connectivity index is 2.34. The van der Waals surface area contributed by atoms with Crippen molar-refractivity contribution in [3.8, 4) is 0 Å². The molecule has 2 nitrogen and oxygen atoms in total. The molecule has 1 aromatic heterocycles. The molecule has 1 aliphatic carbocycles. The monoisotopic (exact) mass is 184 g/mol. The van der Waals surface area contributed by atoms with E-state index in [-0.39, 0.29) is 0 Å². The number of hydrogen-bond acceptors (Lipinski definition) is 1. The van der Waals surface area contributed by atoms with Crippen molar-refractivity contribution in [3.63, 3.8) is 0 Å². The Hall–Kier alpha value is -0.500. The number of halogens is 1. The van der Waals surface area contributed by atoms with E-state index in [0.717, 1.165) is 24.5 Å². The van der Waals surface area contributed by atoms with Gasteiger partial charge in [0.1, 0.15) is 0 Å². The molecule has 1 N–H and O–H groups in total. The van der Waals surface area contributed by atoms with Gasteiger partial charge in [0.15, 0.2) is 0 Å². The average molecular weight is 185 g/mol. The minimum Gasteiger partial charge on any atom is -0.282 e. The van der Waals surface area contributed by atoms with Crippen LogP contribution in [0.3, 0.4) is 0 Å². The first kappa shape index (κ1) is 8.11. The molecule has 3 heteroatoms. The van der Waals surface area contributed by atoms with Gasteiger partial charge >= 0.3 is 0 Å². The predicted molar refractivity (Wildman–Crippen MR) is 49.3 cm³/mol. The molecular weight excluding hydrogens is 172 g/mol. The highest BCUT2D eigenvalue weighted by Crippen LogP contribution is 2.26. The maximum atomic E-state index is 5.77. The number of aromatic nitrogens is 2. The summed E-state index contributed by atoms with van der Waals surface area (Å²) in [6.07, 6.45) is 3.56. The Bertz CT molecular complexity index is 267. The van der Waals surface area contributed by atoms with Gasteiger partial charge in [-0.2, -0.15) is 5.10 Å². The number of H-pyrrole nitrogens is 1. The number of aromatic amines is 1. The molecule has 0 fully saturated rings. The van der Waals surface area contributed by atoms with Crippen molar-refractivity contribution in [2.45, 2.75) is 32.1 Å². The molecule has 1 heterocycles. The second-order valence-corrected chi connectivity index (χ2v) is 3.88. The highest BCUT2D eigenvalue weighted by Gasteiger charge is 2.20. The van der Waals surface area contributed by atoms with E-state index in [1.54, 1.807) is 0 Å². The first-order valence-electron chi connectivity index (χ1n) is 4.42. The zero-order valence-corrected chi connectivity index (χ0v) is 7.99. The normalized spacial score (nSPS) is 22.3. The average Bonchev–Trinajstić information content (AvgIpc) is 2.46. The van der Waals surface area contributed by atoms with Crippen molar-refractivity contribution in [2.75, 3.05) is 0 Å². The lowest BCUT2D eigenvalue weighted by molar-refractivity contribution is 0.496. The van der Waals surface area contributed by atoms with Crippen molar-refractivity contribution in [3.05, 3.63) is 17.0 Å². The fourth-order valence-corrected chi connectivity index (χ4v) is 2.06. The number of nitrogens with zero attached hydrogens (tertiary/aromatic N) is 1. The SMILES string of the molecule is CC1CCc2[nH]nc(CCl)c2C1. The van der Waals surface area contributed by atoms with Gasteiger partial charge in [0.2, 0.25) is 0 Å². The Morgan fingerprint density at radius 1 is 1.67 bits per heavy atom. The van der Waals surface area contributed by atoms with Gasteiger partial charge in [-0.25, -0.2) is 0 Å². The van der Waals surface area contributed by atoms with Crippen LogP contribution in [0.15, 0.2) is 0 Å². The quantitative estimate of drug-likeness (QED) is 0.667. The van der Waals surface area contributed by atoms with Crippen LogP contribution in [-0.2, 0) is 18.7 Å². The molecule has 1 aliphatic rings. The summed E-state index contributed by atoms with van der Waals surface area (Å²) in [6.45, 7) is 2.29. The van der Waals surface area contributed by atoms with Crippen LogP contribution in [0.25, 0.3) is 0 Å². The molecule has 2 rings (SSSR count). The second kappa shape index (κ2) is 3.09. The van der Waals surface area contributed by atoms with E-state index in [4.69, 9.17) is 11.6 Å². The van der Waals surface area contributed by atoms with E-state index in [1.165, 1.54) is 17.7 Å². The van der Waals surface area contributed by atoms with Gasteiger partial charge in [0, 0.05) is 5.69 Å². The third-order valence-corrected chi connectivity index (χ3v) is 2.86. The molecule has 0 saturated carbocycles. The predicted octanol–water partition coefficient (Wildman–Crippen LogP) is 2.27. The van der Waals surface area contributed by atoms with E-state index in [9.17, 15) is 0 Å². The standard InChI is InChI=1S/C9H13ClN2/c1-6-2-3-8-7(4-6)9(5-10)12-11-8/h6H,2-5H2,1H3,(H,11,12). The zero-order chi connectivity index (χ0) is 8.55. The van der Waals surface area contributed by atoms with E-state index in [2.05, 4.69) is 17.1 Å². The summed E-state index contributed by atoms with van der Waals surface area (Å²) in [6, 6.07) is 0. The van der Waals surface area contributed by atoms with Crippen LogP contribution in [0.2, 0.25) is 0 Å². The van der Waals surface area contributed by atoms with Gasteiger partial charge in [0.25, 0.3) is 0 Å². The number of alkyl halides is 1. The fourth-order valence-electron chi connectivity index (χ4n) is 1.84. The topological polar surface area (TPSA) is 28.7 Å². The van der Waals surface area contributed by atoms with Crippen molar-refractivity contribution in [1.29, 1.82) is 0 Å². The lowest BCUT2D eigenvalue weighted by Gasteiger charge is -2.17. The summed E-state index contributed by atoms with van der Waals surface area (Å²) in [5.74, 6) is 1.33. The summed E-state index contributed by atoms with van der Waals surface area (Å²) in [7, 11) is 0. The number of nitrogens with one attached hydrogen (secondary N) is 1. The summed E-state index contributed by atoms with van der Waals surface area (Å²) in [4.78, 5) is 0.